The third-order valence-corrected chi connectivity index (χ3v) is 10.8. The molecular weight excluding hydrogens is 674 g/mol. The molecule has 5 aromatic rings. The Kier molecular flexibility index (Phi) is 8.19. The largest absolute Gasteiger partial charge is 0.457 e. The summed E-state index contributed by atoms with van der Waals surface area (Å²) >= 11 is 0. The Morgan fingerprint density at radius 3 is 2.42 bits per heavy atom. The number of anilines is 1. The monoisotopic (exact) mass is 711 g/mol. The number of likely N-dealkylation sites (tertiary alicyclic amines) is 2. The number of fused-ring (bicyclic) bond motifs is 2. The molecule has 0 aliphatic carbocycles. The van der Waals surface area contributed by atoms with Gasteiger partial charge in [-0.25, -0.2) is 14.6 Å². The maximum absolute atomic E-state index is 13.4. The lowest BCUT2D eigenvalue weighted by molar-refractivity contribution is -0.136. The molecular formula is C39H37N9O5. The van der Waals surface area contributed by atoms with Gasteiger partial charge in [0.05, 0.1) is 28.7 Å². The molecule has 0 spiro atoms. The number of amides is 4. The van der Waals surface area contributed by atoms with Gasteiger partial charge in [0.2, 0.25) is 11.8 Å². The molecule has 3 saturated heterocycles. The van der Waals surface area contributed by atoms with Crippen molar-refractivity contribution < 1.29 is 23.9 Å². The summed E-state index contributed by atoms with van der Waals surface area (Å²) in [5.74, 6) is -0.139. The zero-order valence-electron chi connectivity index (χ0n) is 28.9. The maximum atomic E-state index is 13.4. The van der Waals surface area contributed by atoms with E-state index in [1.807, 2.05) is 65.3 Å². The van der Waals surface area contributed by atoms with Crippen LogP contribution in [0.15, 0.2) is 79.1 Å². The molecule has 0 radical (unpaired) electrons. The fourth-order valence-corrected chi connectivity index (χ4v) is 8.09. The molecule has 3 fully saturated rings. The van der Waals surface area contributed by atoms with Crippen LogP contribution >= 0.6 is 0 Å². The second-order valence-corrected chi connectivity index (χ2v) is 14.0. The number of rotatable bonds is 8. The summed E-state index contributed by atoms with van der Waals surface area (Å²) in [5.41, 5.74) is 10.3. The van der Waals surface area contributed by atoms with Crippen molar-refractivity contribution in [2.75, 3.05) is 25.4 Å². The Morgan fingerprint density at radius 2 is 1.64 bits per heavy atom. The van der Waals surface area contributed by atoms with Gasteiger partial charge in [-0.2, -0.15) is 5.10 Å². The van der Waals surface area contributed by atoms with Gasteiger partial charge in [-0.15, -0.1) is 0 Å². The Balaban J connectivity index is 0.909. The van der Waals surface area contributed by atoms with E-state index in [2.05, 4.69) is 25.1 Å². The summed E-state index contributed by atoms with van der Waals surface area (Å²) in [5, 5.41) is 8.10. The van der Waals surface area contributed by atoms with Crippen LogP contribution in [0, 0.1) is 0 Å². The summed E-state index contributed by atoms with van der Waals surface area (Å²) in [7, 11) is 0. The van der Waals surface area contributed by atoms with Gasteiger partial charge < -0.3 is 10.5 Å². The Bertz CT molecular complexity index is 2270. The molecule has 3 N–H and O–H groups in total. The van der Waals surface area contributed by atoms with Gasteiger partial charge in [0.1, 0.15) is 35.4 Å². The van der Waals surface area contributed by atoms with Gasteiger partial charge in [0, 0.05) is 31.6 Å². The Hall–Kier alpha value is -5.99. The summed E-state index contributed by atoms with van der Waals surface area (Å²) in [6.45, 7) is 3.24. The average Bonchev–Trinajstić information content (AvgIpc) is 3.66. The number of para-hydroxylation sites is 1. The van der Waals surface area contributed by atoms with E-state index in [1.54, 1.807) is 12.1 Å². The van der Waals surface area contributed by atoms with Crippen molar-refractivity contribution in [1.82, 2.24) is 39.8 Å². The number of piperidine rings is 2. The molecule has 53 heavy (non-hydrogen) atoms. The predicted octanol–water partition coefficient (Wildman–Crippen LogP) is 4.14. The average molecular weight is 712 g/mol. The topological polar surface area (TPSA) is 169 Å². The van der Waals surface area contributed by atoms with Crippen molar-refractivity contribution in [1.29, 1.82) is 0 Å². The number of hydrogen-bond donors (Lipinski definition) is 2. The summed E-state index contributed by atoms with van der Waals surface area (Å²) < 4.78 is 8.02. The molecule has 14 nitrogen and oxygen atoms in total. The number of ether oxygens (including phenoxy) is 1. The van der Waals surface area contributed by atoms with Crippen LogP contribution in [-0.2, 0) is 16.1 Å². The molecule has 14 heteroatoms. The van der Waals surface area contributed by atoms with Gasteiger partial charge in [0.15, 0.2) is 5.65 Å². The van der Waals surface area contributed by atoms with Gasteiger partial charge in [-0.1, -0.05) is 24.3 Å². The van der Waals surface area contributed by atoms with Crippen LogP contribution < -0.4 is 15.8 Å². The molecule has 4 aliphatic heterocycles. The zero-order chi connectivity index (χ0) is 36.2. The molecule has 2 aromatic heterocycles. The molecule has 6 heterocycles. The first-order valence-corrected chi connectivity index (χ1v) is 18.0. The quantitative estimate of drug-likeness (QED) is 0.222. The molecule has 0 bridgehead atoms. The number of nitrogen functional groups attached to an aromatic ring is 1. The molecule has 268 valence electrons. The fourth-order valence-electron chi connectivity index (χ4n) is 8.09. The number of carbonyl (C=O) groups excluding carboxylic acids is 4. The summed E-state index contributed by atoms with van der Waals surface area (Å²) in [4.78, 5) is 65.6. The fraction of sp³-hybridized carbons (Fsp3) is 0.308. The van der Waals surface area contributed by atoms with Crippen molar-refractivity contribution in [3.05, 3.63) is 95.8 Å². The summed E-state index contributed by atoms with van der Waals surface area (Å²) in [6, 6.07) is 21.9. The highest BCUT2D eigenvalue weighted by Crippen LogP contribution is 2.37. The number of nitrogens with two attached hydrogens (primary N) is 1. The second kappa shape index (κ2) is 13.2. The molecule has 4 amide bonds. The minimum atomic E-state index is -0.985. The smallest absolute Gasteiger partial charge is 0.262 e. The molecule has 0 saturated carbocycles. The van der Waals surface area contributed by atoms with Crippen LogP contribution in [0.5, 0.6) is 11.5 Å². The Labute approximate surface area is 304 Å². The third-order valence-electron chi connectivity index (χ3n) is 10.8. The van der Waals surface area contributed by atoms with Crippen LogP contribution in [-0.4, -0.2) is 89.9 Å². The minimum Gasteiger partial charge on any atom is -0.457 e. The van der Waals surface area contributed by atoms with Crippen molar-refractivity contribution in [3.63, 3.8) is 0 Å². The number of nitrogens with zero attached hydrogens (tertiary/aromatic N) is 7. The number of imide groups is 2. The minimum absolute atomic E-state index is 0.0688. The van der Waals surface area contributed by atoms with E-state index >= 15 is 0 Å². The number of carbonyl (C=O) groups is 4. The molecule has 9 rings (SSSR count). The first kappa shape index (κ1) is 32.9. The first-order chi connectivity index (χ1) is 25.8. The van der Waals surface area contributed by atoms with E-state index in [-0.39, 0.29) is 30.6 Å². The lowest BCUT2D eigenvalue weighted by Gasteiger charge is -2.50. The van der Waals surface area contributed by atoms with E-state index in [0.717, 1.165) is 77.5 Å². The van der Waals surface area contributed by atoms with E-state index in [9.17, 15) is 19.2 Å². The molecule has 4 aliphatic rings. The van der Waals surface area contributed by atoms with Gasteiger partial charge in [0.25, 0.3) is 11.8 Å². The van der Waals surface area contributed by atoms with Crippen LogP contribution in [0.25, 0.3) is 22.3 Å². The predicted molar refractivity (Wildman–Crippen MR) is 193 cm³/mol. The SMILES string of the molecule is Nc1ncnc2c1c(-c1ccc(Oc3ccccc3)cc1)nn2C1CCCN(C2CCN2Cc2ccc3c(c2)C(=O)N(C2CCC(=O)NC2=O)C3=O)C1. The van der Waals surface area contributed by atoms with E-state index in [1.165, 1.54) is 6.33 Å². The number of aromatic nitrogens is 4. The van der Waals surface area contributed by atoms with Crippen LogP contribution in [0.4, 0.5) is 5.82 Å². The molecule has 3 aromatic carbocycles. The number of nitrogens with one attached hydrogen (secondary N) is 1. The number of benzene rings is 3. The highest BCUT2D eigenvalue weighted by atomic mass is 16.5. The molecule has 3 atom stereocenters. The van der Waals surface area contributed by atoms with Crippen LogP contribution in [0.3, 0.4) is 0 Å². The van der Waals surface area contributed by atoms with Crippen molar-refractivity contribution in [2.45, 2.75) is 56.9 Å². The first-order valence-electron chi connectivity index (χ1n) is 18.0. The van der Waals surface area contributed by atoms with Gasteiger partial charge in [-0.3, -0.25) is 39.2 Å². The maximum Gasteiger partial charge on any atom is 0.262 e. The van der Waals surface area contributed by atoms with Gasteiger partial charge >= 0.3 is 0 Å². The summed E-state index contributed by atoms with van der Waals surface area (Å²) in [6.07, 6.45) is 4.85. The van der Waals surface area contributed by atoms with E-state index in [4.69, 9.17) is 15.6 Å². The highest BCUT2D eigenvalue weighted by Gasteiger charge is 2.45. The lowest BCUT2D eigenvalue weighted by atomic mass is 9.99. The second-order valence-electron chi connectivity index (χ2n) is 14.0. The number of hydrogen-bond acceptors (Lipinski definition) is 11. The van der Waals surface area contributed by atoms with Crippen molar-refractivity contribution >= 4 is 40.5 Å². The van der Waals surface area contributed by atoms with Crippen LogP contribution in [0.1, 0.15) is 64.4 Å². The van der Waals surface area contributed by atoms with Gasteiger partial charge in [-0.05, 0) is 86.3 Å². The van der Waals surface area contributed by atoms with E-state index in [0.29, 0.717) is 23.6 Å². The van der Waals surface area contributed by atoms with E-state index < -0.39 is 29.7 Å². The Morgan fingerprint density at radius 1 is 0.849 bits per heavy atom. The third kappa shape index (κ3) is 5.89. The zero-order valence-corrected chi connectivity index (χ0v) is 28.9. The standard InChI is InChI=1S/C39H37N9O5/c40-35-33-34(24-9-11-27(12-10-24)53-26-6-2-1-3-7-26)44-48(36(33)42-22-41-35)25-5-4-17-45(21-25)32-16-18-46(32)20-23-8-13-28-29(19-23)39(52)47(38(28)51)30-14-15-31(49)43-37(30)50/h1-3,6-13,19,22,25,30,32H,4-5,14-18,20-21H2,(H2,40,41,42)(H,43,49,50). The van der Waals surface area contributed by atoms with Crippen molar-refractivity contribution in [3.8, 4) is 22.8 Å². The van der Waals surface area contributed by atoms with Crippen molar-refractivity contribution in [2.24, 2.45) is 0 Å². The van der Waals surface area contributed by atoms with Crippen LogP contribution in [0.2, 0.25) is 0 Å². The highest BCUT2D eigenvalue weighted by molar-refractivity contribution is 6.23. The lowest BCUT2D eigenvalue weighted by Crippen LogP contribution is -2.59. The normalized spacial score (nSPS) is 22.2. The molecule has 3 unspecified atom stereocenters.